The van der Waals surface area contributed by atoms with Crippen molar-refractivity contribution in [3.8, 4) is 0 Å². The van der Waals surface area contributed by atoms with Gasteiger partial charge in [0.15, 0.2) is 0 Å². The van der Waals surface area contributed by atoms with Gasteiger partial charge in [-0.3, -0.25) is 0 Å². The van der Waals surface area contributed by atoms with Crippen LogP contribution in [-0.2, 0) is 0 Å². The van der Waals surface area contributed by atoms with Crippen LogP contribution < -0.4 is 5.39 Å². The van der Waals surface area contributed by atoms with E-state index in [0.717, 1.165) is 0 Å². The van der Waals surface area contributed by atoms with Gasteiger partial charge in [-0.25, -0.2) is 0 Å². The predicted octanol–water partition coefficient (Wildman–Crippen LogP) is -1.68. The molecular weight excluding hydrogens is 57.8 g/mol. The molecule has 0 amide bonds. The Kier molecular flexibility index (Phi) is 35.1. The summed E-state index contributed by atoms with van der Waals surface area (Å²) in [5.74, 6) is 0. The van der Waals surface area contributed by atoms with E-state index < -0.39 is 0 Å². The average molecular weight is 58.8 g/mol. The Morgan fingerprint density at radius 1 is 1.50 bits per heavy atom. The van der Waals surface area contributed by atoms with Gasteiger partial charge >= 0.3 is 0 Å². The molecule has 0 aliphatic carbocycles. The molecular formula is HBFN2. The fraction of sp³-hybridized carbons (Fsp3) is 0. The lowest BCUT2D eigenvalue weighted by Crippen LogP contribution is -2.11. The Bertz CT molecular complexity index is 10.8. The molecule has 4 heavy (non-hydrogen) atoms. The van der Waals surface area contributed by atoms with Gasteiger partial charge in [0.05, 0.1) is 5.39 Å². The number of nitrogens with one attached hydrogen (secondary N) is 1. The number of hydrogen-bond acceptors (Lipinski definition) is 1. The van der Waals surface area contributed by atoms with Gasteiger partial charge in [-0.2, -0.15) is 0 Å². The van der Waals surface area contributed by atoms with Crippen LogP contribution >= 0.6 is 0 Å². The summed E-state index contributed by atoms with van der Waals surface area (Å²) >= 11 is 0. The largest absolute Gasteiger partial charge is 0.643 e. The van der Waals surface area contributed by atoms with Crippen LogP contribution in [0.15, 0.2) is 0 Å². The molecule has 0 aromatic heterocycles. The van der Waals surface area contributed by atoms with Gasteiger partial charge in [-0.15, -0.1) is 0 Å². The molecule has 0 heterocycles. The van der Waals surface area contributed by atoms with Crippen LogP contribution in [0.1, 0.15) is 0 Å². The van der Waals surface area contributed by atoms with Gasteiger partial charge < -0.3 is 12.4 Å². The topological polar surface area (TPSA) is 47.6 Å². The first kappa shape index (κ1) is 9.95. The van der Waals surface area contributed by atoms with E-state index in [1.165, 1.54) is 0 Å². The Morgan fingerprint density at radius 2 is 1.50 bits per heavy atom. The smallest absolute Gasteiger partial charge is 0.212 e. The highest BCUT2D eigenvalue weighted by Crippen LogP contribution is 1.10. The molecule has 2 nitrogen and oxygen atoms in total. The summed E-state index contributed by atoms with van der Waals surface area (Å²) < 4.78 is 9.00. The summed E-state index contributed by atoms with van der Waals surface area (Å²) in [6.07, 6.45) is 0. The Hall–Kier alpha value is -0.585. The molecule has 1 N–H and O–H groups in total. The van der Waals surface area contributed by atoms with Crippen molar-refractivity contribution >= 4 is 8.12 Å². The van der Waals surface area contributed by atoms with Crippen molar-refractivity contribution in [3.05, 3.63) is 0 Å². The van der Waals surface area contributed by atoms with Crippen LogP contribution in [0.5, 0.6) is 0 Å². The van der Waals surface area contributed by atoms with E-state index in [9.17, 15) is 0 Å². The molecule has 3 radical (unpaired) electrons. The van der Waals surface area contributed by atoms with Gasteiger partial charge in [-0.1, -0.05) is 0 Å². The van der Waals surface area contributed by atoms with Crippen molar-refractivity contribution in [3.63, 3.8) is 0 Å². The van der Waals surface area contributed by atoms with E-state index in [2.05, 4.69) is 8.12 Å². The van der Waals surface area contributed by atoms with Crippen LogP contribution in [0.4, 0.5) is 4.32 Å². The maximum Gasteiger partial charge on any atom is 0.212 e. The second-order valence-corrected chi connectivity index (χ2v) is 0. The van der Waals surface area contributed by atoms with Gasteiger partial charge in [0.2, 0.25) is 5.39 Å². The highest BCUT2D eigenvalue weighted by atomic mass is 19.1. The molecule has 21 valence electrons. The summed E-state index contributed by atoms with van der Waals surface area (Å²) in [7, 11) is 3.00. The lowest BCUT2D eigenvalue weighted by Gasteiger charge is -1.51. The van der Waals surface area contributed by atoms with Gasteiger partial charge in [0, 0.05) is 0 Å². The van der Waals surface area contributed by atoms with E-state index >= 15 is 0 Å². The summed E-state index contributed by atoms with van der Waals surface area (Å²) in [5, 5.41) is 11.0. The zero-order valence-electron chi connectivity index (χ0n) is 1.90. The highest BCUT2D eigenvalue weighted by Gasteiger charge is 0.735. The number of halogens is 1. The standard InChI is InChI=1S/BF.N2/c2*1-2/q-1;/p+1. The van der Waals surface area contributed by atoms with Crippen molar-refractivity contribution in [1.29, 1.82) is 5.39 Å². The minimum Gasteiger partial charge on any atom is -0.643 e. The van der Waals surface area contributed by atoms with E-state index in [1.54, 1.807) is 0 Å². The first-order valence-electron chi connectivity index (χ1n) is 0.442. The zero-order valence-corrected chi connectivity index (χ0v) is 1.90. The Morgan fingerprint density at radius 3 is 1.50 bits per heavy atom. The van der Waals surface area contributed by atoms with Crippen LogP contribution in [-0.4, -0.2) is 8.12 Å². The second kappa shape index (κ2) is 14.1. The molecule has 0 aliphatic heterocycles. The first-order valence-corrected chi connectivity index (χ1v) is 0.442. The lowest BCUT2D eigenvalue weighted by molar-refractivity contribution is -0.175. The highest BCUT2D eigenvalue weighted by molar-refractivity contribution is 5.96. The molecule has 0 aromatic carbocycles. The van der Waals surface area contributed by atoms with Crippen LogP contribution in [0, 0.1) is 5.39 Å². The molecule has 0 spiro atoms. The molecule has 0 rings (SSSR count). The normalized spacial score (nSPS) is 2.00. The van der Waals surface area contributed by atoms with E-state index in [-0.39, 0.29) is 0 Å². The number of diazo groups is 1. The van der Waals surface area contributed by atoms with Crippen LogP contribution in [0.25, 0.3) is 0 Å². The van der Waals surface area contributed by atoms with Crippen LogP contribution in [0.2, 0.25) is 0 Å². The zero-order chi connectivity index (χ0) is 4.00. The van der Waals surface area contributed by atoms with Gasteiger partial charge in [0.25, 0.3) is 0 Å². The monoisotopic (exact) mass is 59.0 g/mol. The number of hydrogen-bond donors (Lipinski definition) is 1. The molecule has 0 atom stereocenters. The molecule has 0 bridgehead atoms. The number of rotatable bonds is 0. The van der Waals surface area contributed by atoms with E-state index in [0.29, 0.717) is 0 Å². The van der Waals surface area contributed by atoms with E-state index in [1.807, 2.05) is 0 Å². The third kappa shape index (κ3) is 0.712. The van der Waals surface area contributed by atoms with Crippen molar-refractivity contribution in [2.45, 2.75) is 0 Å². The van der Waals surface area contributed by atoms with Crippen molar-refractivity contribution in [2.24, 2.45) is 0 Å². The quantitative estimate of drug-likeness (QED) is 0.263. The van der Waals surface area contributed by atoms with Gasteiger partial charge in [0.1, 0.15) is 0 Å². The molecule has 0 aliphatic rings. The first-order chi connectivity index (χ1) is 2.00. The summed E-state index contributed by atoms with van der Waals surface area (Å²) in [5.41, 5.74) is 0. The maximum atomic E-state index is 9.00. The average Bonchev–Trinajstić information content (AvgIpc) is 1.50. The molecule has 0 unspecified atom stereocenters. The van der Waals surface area contributed by atoms with Crippen molar-refractivity contribution < 1.29 is 9.71 Å². The third-order valence-corrected chi connectivity index (χ3v) is 0. The Balaban J connectivity index is 0. The molecule has 0 saturated carbocycles. The van der Waals surface area contributed by atoms with E-state index in [4.69, 9.17) is 15.1 Å². The van der Waals surface area contributed by atoms with Crippen molar-refractivity contribution in [1.82, 2.24) is 0 Å². The molecule has 0 saturated heterocycles. The Labute approximate surface area is 24.5 Å². The number of nitrogens with zero attached hydrogens (tertiary/aromatic N) is 1. The lowest BCUT2D eigenvalue weighted by atomic mass is 10.7. The second-order valence-electron chi connectivity index (χ2n) is 0. The fourth-order valence-electron chi connectivity index (χ4n) is 0. The maximum absolute atomic E-state index is 9.00. The molecule has 0 aromatic rings. The third-order valence-electron chi connectivity index (χ3n) is 0. The molecule has 0 fully saturated rings. The molecule has 4 heteroatoms. The fourth-order valence-corrected chi connectivity index (χ4v) is 0. The predicted molar refractivity (Wildman–Crippen MR) is 9.55 cm³/mol. The minimum absolute atomic E-state index is 3.00. The van der Waals surface area contributed by atoms with Crippen molar-refractivity contribution in [2.75, 3.05) is 0 Å². The van der Waals surface area contributed by atoms with Gasteiger partial charge in [-0.05, 0) is 0 Å². The van der Waals surface area contributed by atoms with Crippen LogP contribution in [0.3, 0.4) is 0 Å². The summed E-state index contributed by atoms with van der Waals surface area (Å²) in [6.45, 7) is 0. The summed E-state index contributed by atoms with van der Waals surface area (Å²) in [6, 6.07) is 0. The summed E-state index contributed by atoms with van der Waals surface area (Å²) in [4.78, 5) is 0. The minimum atomic E-state index is 3.00. The SMILES string of the molecule is N#[NH+].[B-]F.